The summed E-state index contributed by atoms with van der Waals surface area (Å²) in [6, 6.07) is 4.21. The highest BCUT2D eigenvalue weighted by Crippen LogP contribution is 2.31. The van der Waals surface area contributed by atoms with Gasteiger partial charge in [-0.3, -0.25) is 4.72 Å². The maximum absolute atomic E-state index is 11.5. The minimum atomic E-state index is -3.26. The maximum atomic E-state index is 11.5. The van der Waals surface area contributed by atoms with E-state index in [-0.39, 0.29) is 16.0 Å². The van der Waals surface area contributed by atoms with Crippen LogP contribution in [0, 0.1) is 0 Å². The van der Waals surface area contributed by atoms with Gasteiger partial charge >= 0.3 is 0 Å². The number of phenols is 1. The van der Waals surface area contributed by atoms with Crippen molar-refractivity contribution in [3.8, 4) is 5.75 Å². The largest absolute Gasteiger partial charge is 0.506 e. The van der Waals surface area contributed by atoms with Gasteiger partial charge in [-0.15, -0.1) is 0 Å². The lowest BCUT2D eigenvalue weighted by Crippen LogP contribution is -2.17. The summed E-state index contributed by atoms with van der Waals surface area (Å²) in [5.74, 6) is -0.0639. The Morgan fingerprint density at radius 3 is 2.60 bits per heavy atom. The molecule has 1 aromatic rings. The smallest absolute Gasteiger partial charge is 0.235 e. The Bertz CT molecular complexity index is 482. The number of halogens is 1. The van der Waals surface area contributed by atoms with E-state index in [0.29, 0.717) is 18.5 Å². The molecule has 0 radical (unpaired) electrons. The third-order valence-corrected chi connectivity index (χ3v) is 4.34. The molecular formula is C9H10ClNO3S. The fourth-order valence-corrected chi connectivity index (χ4v) is 2.76. The molecule has 0 unspecified atom stereocenters. The van der Waals surface area contributed by atoms with Gasteiger partial charge in [0.05, 0.1) is 16.0 Å². The van der Waals surface area contributed by atoms with Crippen LogP contribution in [-0.4, -0.2) is 18.8 Å². The normalized spacial score (nSPS) is 16.3. The first kappa shape index (κ1) is 10.6. The molecule has 0 atom stereocenters. The van der Waals surface area contributed by atoms with Gasteiger partial charge in [-0.05, 0) is 31.0 Å². The van der Waals surface area contributed by atoms with Gasteiger partial charge in [0, 0.05) is 0 Å². The predicted octanol–water partition coefficient (Wildman–Crippen LogP) is 1.95. The summed E-state index contributed by atoms with van der Waals surface area (Å²) < 4.78 is 25.5. The molecule has 0 bridgehead atoms. The summed E-state index contributed by atoms with van der Waals surface area (Å²) in [5.41, 5.74) is 0.379. The summed E-state index contributed by atoms with van der Waals surface area (Å²) in [7, 11) is -3.26. The van der Waals surface area contributed by atoms with Crippen LogP contribution in [0.2, 0.25) is 5.02 Å². The summed E-state index contributed by atoms with van der Waals surface area (Å²) in [6.45, 7) is 0. The third kappa shape index (κ3) is 2.35. The Labute approximate surface area is 92.9 Å². The van der Waals surface area contributed by atoms with Crippen molar-refractivity contribution >= 4 is 27.3 Å². The van der Waals surface area contributed by atoms with Crippen molar-refractivity contribution in [3.63, 3.8) is 0 Å². The fourth-order valence-electron chi connectivity index (χ4n) is 1.20. The minimum absolute atomic E-state index is 0.0639. The van der Waals surface area contributed by atoms with Crippen molar-refractivity contribution in [1.82, 2.24) is 0 Å². The number of nitrogens with one attached hydrogen (secondary N) is 1. The first-order valence-electron chi connectivity index (χ1n) is 4.49. The van der Waals surface area contributed by atoms with Crippen LogP contribution in [0.1, 0.15) is 12.8 Å². The molecule has 2 N–H and O–H groups in total. The topological polar surface area (TPSA) is 66.4 Å². The Morgan fingerprint density at radius 1 is 1.40 bits per heavy atom. The Morgan fingerprint density at radius 2 is 2.07 bits per heavy atom. The highest BCUT2D eigenvalue weighted by atomic mass is 35.5. The first-order valence-corrected chi connectivity index (χ1v) is 6.41. The fraction of sp³-hybridized carbons (Fsp3) is 0.333. The van der Waals surface area contributed by atoms with Crippen LogP contribution in [0.4, 0.5) is 5.69 Å². The summed E-state index contributed by atoms with van der Waals surface area (Å²) in [5, 5.41) is 9.01. The Balaban J connectivity index is 2.21. The van der Waals surface area contributed by atoms with E-state index in [2.05, 4.69) is 4.72 Å². The molecular weight excluding hydrogens is 238 g/mol. The zero-order valence-electron chi connectivity index (χ0n) is 7.77. The standard InChI is InChI=1S/C9H10ClNO3S/c10-8-5-6(1-4-9(8)12)11-15(13,14)7-2-3-7/h1,4-5,7,11-12H,2-3H2. The molecule has 0 aromatic heterocycles. The molecule has 2 rings (SSSR count). The van der Waals surface area contributed by atoms with Gasteiger partial charge in [-0.25, -0.2) is 8.42 Å². The molecule has 0 spiro atoms. The number of phenolic OH excluding ortho intramolecular Hbond substituents is 1. The van der Waals surface area contributed by atoms with E-state index in [0.717, 1.165) is 0 Å². The molecule has 0 heterocycles. The second-order valence-electron chi connectivity index (χ2n) is 3.51. The van der Waals surface area contributed by atoms with Gasteiger partial charge in [0.15, 0.2) is 0 Å². The van der Waals surface area contributed by atoms with Crippen molar-refractivity contribution in [2.45, 2.75) is 18.1 Å². The molecule has 4 nitrogen and oxygen atoms in total. The number of anilines is 1. The Kier molecular flexibility index (Phi) is 2.52. The van der Waals surface area contributed by atoms with Crippen molar-refractivity contribution in [2.75, 3.05) is 4.72 Å². The molecule has 1 aliphatic carbocycles. The molecule has 0 aliphatic heterocycles. The molecule has 82 valence electrons. The van der Waals surface area contributed by atoms with Crippen LogP contribution < -0.4 is 4.72 Å². The van der Waals surface area contributed by atoms with Gasteiger partial charge in [0.2, 0.25) is 10.0 Å². The molecule has 1 fully saturated rings. The highest BCUT2D eigenvalue weighted by molar-refractivity contribution is 7.93. The molecule has 1 aliphatic rings. The van der Waals surface area contributed by atoms with E-state index in [1.54, 1.807) is 0 Å². The highest BCUT2D eigenvalue weighted by Gasteiger charge is 2.35. The second-order valence-corrected chi connectivity index (χ2v) is 5.88. The number of aromatic hydroxyl groups is 1. The van der Waals surface area contributed by atoms with E-state index < -0.39 is 10.0 Å². The SMILES string of the molecule is O=S(=O)(Nc1ccc(O)c(Cl)c1)C1CC1. The number of hydrogen-bond acceptors (Lipinski definition) is 3. The minimum Gasteiger partial charge on any atom is -0.506 e. The first-order chi connectivity index (χ1) is 6.99. The average molecular weight is 248 g/mol. The lowest BCUT2D eigenvalue weighted by molar-refractivity contribution is 0.475. The lowest BCUT2D eigenvalue weighted by atomic mass is 10.3. The average Bonchev–Trinajstić information content (AvgIpc) is 2.93. The van der Waals surface area contributed by atoms with Crippen LogP contribution in [-0.2, 0) is 10.0 Å². The number of hydrogen-bond donors (Lipinski definition) is 2. The van der Waals surface area contributed by atoms with Crippen LogP contribution in [0.3, 0.4) is 0 Å². The molecule has 15 heavy (non-hydrogen) atoms. The Hall–Kier alpha value is -0.940. The van der Waals surface area contributed by atoms with E-state index >= 15 is 0 Å². The number of sulfonamides is 1. The summed E-state index contributed by atoms with van der Waals surface area (Å²) >= 11 is 5.65. The third-order valence-electron chi connectivity index (χ3n) is 2.17. The molecule has 6 heteroatoms. The van der Waals surface area contributed by atoms with Crippen LogP contribution >= 0.6 is 11.6 Å². The summed E-state index contributed by atoms with van der Waals surface area (Å²) in [6.07, 6.45) is 1.42. The van der Waals surface area contributed by atoms with E-state index in [1.165, 1.54) is 18.2 Å². The van der Waals surface area contributed by atoms with Crippen LogP contribution in [0.5, 0.6) is 5.75 Å². The van der Waals surface area contributed by atoms with Gasteiger partial charge in [0.25, 0.3) is 0 Å². The van der Waals surface area contributed by atoms with Crippen molar-refractivity contribution in [1.29, 1.82) is 0 Å². The van der Waals surface area contributed by atoms with E-state index in [4.69, 9.17) is 16.7 Å². The zero-order valence-corrected chi connectivity index (χ0v) is 9.35. The van der Waals surface area contributed by atoms with Gasteiger partial charge in [0.1, 0.15) is 5.75 Å². The number of benzene rings is 1. The van der Waals surface area contributed by atoms with E-state index in [1.807, 2.05) is 0 Å². The van der Waals surface area contributed by atoms with Crippen molar-refractivity contribution in [3.05, 3.63) is 23.2 Å². The van der Waals surface area contributed by atoms with Crippen molar-refractivity contribution in [2.24, 2.45) is 0 Å². The van der Waals surface area contributed by atoms with Crippen LogP contribution in [0.25, 0.3) is 0 Å². The van der Waals surface area contributed by atoms with Gasteiger partial charge < -0.3 is 5.11 Å². The van der Waals surface area contributed by atoms with E-state index in [9.17, 15) is 8.42 Å². The second kappa shape index (κ2) is 3.57. The van der Waals surface area contributed by atoms with Gasteiger partial charge in [-0.1, -0.05) is 11.6 Å². The quantitative estimate of drug-likeness (QED) is 0.803. The molecule has 1 aromatic carbocycles. The van der Waals surface area contributed by atoms with Crippen LogP contribution in [0.15, 0.2) is 18.2 Å². The molecule has 1 saturated carbocycles. The molecule has 0 amide bonds. The predicted molar refractivity (Wildman–Crippen MR) is 58.7 cm³/mol. The lowest BCUT2D eigenvalue weighted by Gasteiger charge is -2.07. The van der Waals surface area contributed by atoms with Gasteiger partial charge in [-0.2, -0.15) is 0 Å². The number of rotatable bonds is 3. The monoisotopic (exact) mass is 247 g/mol. The maximum Gasteiger partial charge on any atom is 0.235 e. The summed E-state index contributed by atoms with van der Waals surface area (Å²) in [4.78, 5) is 0. The van der Waals surface area contributed by atoms with Crippen molar-refractivity contribution < 1.29 is 13.5 Å². The molecule has 0 saturated heterocycles. The zero-order chi connectivity index (χ0) is 11.1.